The molecule has 1 aliphatic heterocycles. The standard InChI is InChI=1S/C17H26N2O2/c1-13-10-14(2)12-19(11-13)17(20)18-8-9-21-16-7-5-4-6-15(16)3/h4-7,13-14H,8-12H2,1-3H3,(H,18,20). The summed E-state index contributed by atoms with van der Waals surface area (Å²) in [6.07, 6.45) is 1.21. The van der Waals surface area contributed by atoms with Crippen LogP contribution in [-0.4, -0.2) is 37.2 Å². The molecule has 2 unspecified atom stereocenters. The van der Waals surface area contributed by atoms with Crippen molar-refractivity contribution in [3.63, 3.8) is 0 Å². The molecule has 1 aliphatic rings. The van der Waals surface area contributed by atoms with E-state index in [9.17, 15) is 4.79 Å². The van der Waals surface area contributed by atoms with Gasteiger partial charge in [0.05, 0.1) is 6.54 Å². The van der Waals surface area contributed by atoms with E-state index < -0.39 is 0 Å². The van der Waals surface area contributed by atoms with Gasteiger partial charge in [-0.05, 0) is 36.8 Å². The number of nitrogens with one attached hydrogen (secondary N) is 1. The lowest BCUT2D eigenvalue weighted by atomic mass is 9.92. The van der Waals surface area contributed by atoms with E-state index in [1.807, 2.05) is 36.1 Å². The monoisotopic (exact) mass is 290 g/mol. The normalized spacial score (nSPS) is 22.0. The summed E-state index contributed by atoms with van der Waals surface area (Å²) in [7, 11) is 0. The maximum absolute atomic E-state index is 12.1. The van der Waals surface area contributed by atoms with Gasteiger partial charge in [-0.3, -0.25) is 0 Å². The molecule has 4 heteroatoms. The van der Waals surface area contributed by atoms with Crippen LogP contribution in [0.15, 0.2) is 24.3 Å². The van der Waals surface area contributed by atoms with Crippen molar-refractivity contribution in [2.45, 2.75) is 27.2 Å². The fourth-order valence-electron chi connectivity index (χ4n) is 2.98. The number of carbonyl (C=O) groups is 1. The molecule has 116 valence electrons. The summed E-state index contributed by atoms with van der Waals surface area (Å²) in [5, 5.41) is 2.95. The molecule has 1 aromatic rings. The molecule has 0 aliphatic carbocycles. The highest BCUT2D eigenvalue weighted by Crippen LogP contribution is 2.20. The molecule has 0 spiro atoms. The maximum atomic E-state index is 12.1. The minimum Gasteiger partial charge on any atom is -0.491 e. The van der Waals surface area contributed by atoms with Gasteiger partial charge in [0.2, 0.25) is 0 Å². The number of rotatable bonds is 4. The summed E-state index contributed by atoms with van der Waals surface area (Å²) in [6, 6.07) is 7.94. The molecule has 1 aromatic carbocycles. The molecular formula is C17H26N2O2. The number of carbonyl (C=O) groups excluding carboxylic acids is 1. The molecule has 0 bridgehead atoms. The van der Waals surface area contributed by atoms with Crippen molar-refractivity contribution in [2.75, 3.05) is 26.2 Å². The zero-order chi connectivity index (χ0) is 15.2. The van der Waals surface area contributed by atoms with Crippen molar-refractivity contribution in [3.8, 4) is 5.75 Å². The molecule has 0 radical (unpaired) electrons. The zero-order valence-corrected chi connectivity index (χ0v) is 13.3. The van der Waals surface area contributed by atoms with Gasteiger partial charge in [0.15, 0.2) is 0 Å². The van der Waals surface area contributed by atoms with Gasteiger partial charge in [0.1, 0.15) is 12.4 Å². The molecular weight excluding hydrogens is 264 g/mol. The topological polar surface area (TPSA) is 41.6 Å². The average molecular weight is 290 g/mol. The fraction of sp³-hybridized carbons (Fsp3) is 0.588. The predicted molar refractivity (Wildman–Crippen MR) is 84.6 cm³/mol. The molecule has 0 aromatic heterocycles. The van der Waals surface area contributed by atoms with E-state index in [4.69, 9.17) is 4.74 Å². The van der Waals surface area contributed by atoms with Gasteiger partial charge in [0.25, 0.3) is 0 Å². The number of para-hydroxylation sites is 1. The Hall–Kier alpha value is -1.71. The predicted octanol–water partition coefficient (Wildman–Crippen LogP) is 3.06. The second-order valence-electron chi connectivity index (χ2n) is 6.20. The number of hydrogen-bond donors (Lipinski definition) is 1. The Balaban J connectivity index is 1.71. The van der Waals surface area contributed by atoms with Crippen LogP contribution >= 0.6 is 0 Å². The lowest BCUT2D eigenvalue weighted by Crippen LogP contribution is -2.48. The largest absolute Gasteiger partial charge is 0.491 e. The number of aryl methyl sites for hydroxylation is 1. The van der Waals surface area contributed by atoms with Crippen molar-refractivity contribution >= 4 is 6.03 Å². The number of benzene rings is 1. The van der Waals surface area contributed by atoms with Crippen LogP contribution in [0.3, 0.4) is 0 Å². The van der Waals surface area contributed by atoms with E-state index in [-0.39, 0.29) is 6.03 Å². The molecule has 4 nitrogen and oxygen atoms in total. The van der Waals surface area contributed by atoms with Crippen molar-refractivity contribution < 1.29 is 9.53 Å². The molecule has 2 rings (SSSR count). The van der Waals surface area contributed by atoms with Gasteiger partial charge in [-0.1, -0.05) is 32.0 Å². The van der Waals surface area contributed by atoms with Gasteiger partial charge in [0, 0.05) is 13.1 Å². The molecule has 2 amide bonds. The first-order valence-corrected chi connectivity index (χ1v) is 7.77. The molecule has 21 heavy (non-hydrogen) atoms. The summed E-state index contributed by atoms with van der Waals surface area (Å²) < 4.78 is 5.68. The molecule has 1 N–H and O–H groups in total. The van der Waals surface area contributed by atoms with Gasteiger partial charge in [-0.15, -0.1) is 0 Å². The Morgan fingerprint density at radius 2 is 1.95 bits per heavy atom. The Bertz CT molecular complexity index is 466. The first-order valence-electron chi connectivity index (χ1n) is 7.77. The third-order valence-corrected chi connectivity index (χ3v) is 3.89. The molecule has 1 heterocycles. The quantitative estimate of drug-likeness (QED) is 0.866. The van der Waals surface area contributed by atoms with Crippen molar-refractivity contribution in [3.05, 3.63) is 29.8 Å². The molecule has 0 saturated carbocycles. The minimum absolute atomic E-state index is 0.0294. The van der Waals surface area contributed by atoms with Crippen molar-refractivity contribution in [2.24, 2.45) is 11.8 Å². The highest BCUT2D eigenvalue weighted by atomic mass is 16.5. The van der Waals surface area contributed by atoms with Crippen LogP contribution < -0.4 is 10.1 Å². The van der Waals surface area contributed by atoms with Crippen LogP contribution in [-0.2, 0) is 0 Å². The third-order valence-electron chi connectivity index (χ3n) is 3.89. The summed E-state index contributed by atoms with van der Waals surface area (Å²) >= 11 is 0. The second-order valence-corrected chi connectivity index (χ2v) is 6.20. The molecule has 1 fully saturated rings. The Labute approximate surface area is 127 Å². The number of piperidine rings is 1. The number of nitrogens with zero attached hydrogens (tertiary/aromatic N) is 1. The van der Waals surface area contributed by atoms with Crippen LogP contribution in [0.1, 0.15) is 25.8 Å². The number of urea groups is 1. The highest BCUT2D eigenvalue weighted by molar-refractivity contribution is 5.74. The van der Waals surface area contributed by atoms with E-state index in [1.54, 1.807) is 0 Å². The summed E-state index contributed by atoms with van der Waals surface area (Å²) in [5.41, 5.74) is 1.11. The van der Waals surface area contributed by atoms with Crippen molar-refractivity contribution in [1.29, 1.82) is 0 Å². The summed E-state index contributed by atoms with van der Waals surface area (Å²) in [6.45, 7) is 9.17. The summed E-state index contributed by atoms with van der Waals surface area (Å²) in [4.78, 5) is 14.0. The van der Waals surface area contributed by atoms with Crippen LogP contribution in [0.2, 0.25) is 0 Å². The third kappa shape index (κ3) is 4.66. The van der Waals surface area contributed by atoms with Crippen molar-refractivity contribution in [1.82, 2.24) is 10.2 Å². The molecule has 1 saturated heterocycles. The van der Waals surface area contributed by atoms with E-state index >= 15 is 0 Å². The lowest BCUT2D eigenvalue weighted by molar-refractivity contribution is 0.145. The van der Waals surface area contributed by atoms with E-state index in [0.717, 1.165) is 24.4 Å². The van der Waals surface area contributed by atoms with Crippen LogP contribution in [0.4, 0.5) is 4.79 Å². The van der Waals surface area contributed by atoms with E-state index in [1.165, 1.54) is 6.42 Å². The second kappa shape index (κ2) is 7.34. The lowest BCUT2D eigenvalue weighted by Gasteiger charge is -2.34. The van der Waals surface area contributed by atoms with Crippen LogP contribution in [0, 0.1) is 18.8 Å². The highest BCUT2D eigenvalue weighted by Gasteiger charge is 2.24. The zero-order valence-electron chi connectivity index (χ0n) is 13.3. The minimum atomic E-state index is 0.0294. The Kier molecular flexibility index (Phi) is 5.48. The van der Waals surface area contributed by atoms with Gasteiger partial charge < -0.3 is 15.0 Å². The number of likely N-dealkylation sites (tertiary alicyclic amines) is 1. The van der Waals surface area contributed by atoms with Gasteiger partial charge in [-0.25, -0.2) is 4.79 Å². The Morgan fingerprint density at radius 1 is 1.29 bits per heavy atom. The fourth-order valence-corrected chi connectivity index (χ4v) is 2.98. The van der Waals surface area contributed by atoms with Crippen LogP contribution in [0.25, 0.3) is 0 Å². The summed E-state index contributed by atoms with van der Waals surface area (Å²) in [5.74, 6) is 2.05. The molecule has 2 atom stereocenters. The first kappa shape index (κ1) is 15.7. The van der Waals surface area contributed by atoms with E-state index in [2.05, 4.69) is 19.2 Å². The van der Waals surface area contributed by atoms with Gasteiger partial charge >= 0.3 is 6.03 Å². The van der Waals surface area contributed by atoms with Gasteiger partial charge in [-0.2, -0.15) is 0 Å². The number of ether oxygens (including phenoxy) is 1. The SMILES string of the molecule is Cc1ccccc1OCCNC(=O)N1CC(C)CC(C)C1. The number of hydrogen-bond acceptors (Lipinski definition) is 2. The van der Waals surface area contributed by atoms with E-state index in [0.29, 0.717) is 25.0 Å². The first-order chi connectivity index (χ1) is 10.1. The smallest absolute Gasteiger partial charge is 0.317 e. The number of amides is 2. The maximum Gasteiger partial charge on any atom is 0.317 e. The average Bonchev–Trinajstić information content (AvgIpc) is 2.44. The van der Waals surface area contributed by atoms with Crippen LogP contribution in [0.5, 0.6) is 5.75 Å². The Morgan fingerprint density at radius 3 is 2.62 bits per heavy atom.